The van der Waals surface area contributed by atoms with Crippen molar-refractivity contribution >= 4 is 74.8 Å². The van der Waals surface area contributed by atoms with Crippen LogP contribution < -0.4 is 57.3 Å². The fourth-order valence-corrected chi connectivity index (χ4v) is 14.1. The Labute approximate surface area is 648 Å². The average Bonchev–Trinajstić information content (AvgIpc) is 1.63. The molecule has 590 valence electrons. The summed E-state index contributed by atoms with van der Waals surface area (Å²) in [5.41, 5.74) is 9.38. The summed E-state index contributed by atoms with van der Waals surface area (Å²) in [7, 11) is 3.24. The Morgan fingerprint density at radius 2 is 1.11 bits per heavy atom. The molecule has 12 atom stereocenters. The third-order valence-electron chi connectivity index (χ3n) is 20.7. The molecule has 2 aromatic heterocycles. The lowest BCUT2D eigenvalue weighted by molar-refractivity contribution is -0.145. The van der Waals surface area contributed by atoms with Crippen molar-refractivity contribution < 1.29 is 57.7 Å². The monoisotopic (exact) mass is 1530 g/mol. The summed E-state index contributed by atoms with van der Waals surface area (Å²) in [6.45, 7) is 13.7. The van der Waals surface area contributed by atoms with Gasteiger partial charge in [0.05, 0.1) is 36.4 Å². The van der Waals surface area contributed by atoms with E-state index in [4.69, 9.17) is 15.0 Å². The van der Waals surface area contributed by atoms with Crippen LogP contribution in [-0.2, 0) is 75.4 Å². The van der Waals surface area contributed by atoms with Crippen LogP contribution in [0.2, 0.25) is 0 Å². The highest BCUT2D eigenvalue weighted by Gasteiger charge is 2.50. The van der Waals surface area contributed by atoms with Crippen LogP contribution in [0.25, 0.3) is 21.5 Å². The number of rotatable bonds is 15. The zero-order valence-corrected chi connectivity index (χ0v) is 64.3. The van der Waals surface area contributed by atoms with Crippen LogP contribution in [0.3, 0.4) is 0 Å². The van der Waals surface area contributed by atoms with Gasteiger partial charge in [-0.1, -0.05) is 156 Å². The highest BCUT2D eigenvalue weighted by molar-refractivity contribution is 5.98. The number of H-pyrrole nitrogens is 1. The second-order valence-corrected chi connectivity index (χ2v) is 30.9. The molecule has 14 rings (SSSR count). The molecule has 6 aliphatic rings. The van der Waals surface area contributed by atoms with Gasteiger partial charge in [-0.2, -0.15) is 5.11 Å². The maximum Gasteiger partial charge on any atom is 0.326 e. The Morgan fingerprint density at radius 3 is 1.62 bits per heavy atom. The molecule has 12 N–H and O–H groups in total. The number of amides is 8. The summed E-state index contributed by atoms with van der Waals surface area (Å²) in [5.74, 6) is -5.49. The number of benzene rings is 6. The average molecular weight is 1530 g/mol. The van der Waals surface area contributed by atoms with Gasteiger partial charge in [-0.05, 0) is 130 Å². The highest BCUT2D eigenvalue weighted by atomic mass is 16.5. The van der Waals surface area contributed by atoms with Crippen molar-refractivity contribution in [2.24, 2.45) is 15.9 Å². The third-order valence-corrected chi connectivity index (χ3v) is 20.7. The fraction of sp³-hybridized carbons (Fsp3) is 0.425. The first-order chi connectivity index (χ1) is 53.5. The molecule has 32 nitrogen and oxygen atoms in total. The third kappa shape index (κ3) is 19.9. The number of tetrazole rings is 1. The summed E-state index contributed by atoms with van der Waals surface area (Å²) in [6, 6.07) is 26.6. The minimum Gasteiger partial charge on any atom is -0.487 e. The van der Waals surface area contributed by atoms with Crippen molar-refractivity contribution in [1.82, 2.24) is 93.3 Å². The molecule has 112 heavy (non-hydrogen) atoms. The first-order valence-corrected chi connectivity index (χ1v) is 37.4. The highest BCUT2D eigenvalue weighted by Crippen LogP contribution is 2.34. The van der Waals surface area contributed by atoms with Crippen LogP contribution in [-0.4, -0.2) is 198 Å². The molecule has 6 aromatic carbocycles. The smallest absolute Gasteiger partial charge is 0.326 e. The molecule has 1 unspecified atom stereocenters. The van der Waals surface area contributed by atoms with Crippen molar-refractivity contribution in [2.45, 2.75) is 173 Å². The van der Waals surface area contributed by atoms with Gasteiger partial charge in [0.2, 0.25) is 47.3 Å². The van der Waals surface area contributed by atoms with Crippen molar-refractivity contribution in [1.29, 1.82) is 5.53 Å². The Kier molecular flexibility index (Phi) is 25.8. The van der Waals surface area contributed by atoms with Gasteiger partial charge in [-0.15, -0.1) is 10.2 Å². The van der Waals surface area contributed by atoms with Crippen LogP contribution >= 0.6 is 0 Å². The normalized spacial score (nSPS) is 22.1. The van der Waals surface area contributed by atoms with Crippen molar-refractivity contribution in [3.05, 3.63) is 185 Å². The number of carbonyl (C=O) groups is 9. The van der Waals surface area contributed by atoms with Gasteiger partial charge in [-0.25, -0.2) is 20.1 Å². The van der Waals surface area contributed by atoms with Gasteiger partial charge in [0.15, 0.2) is 5.82 Å². The zero-order chi connectivity index (χ0) is 80.1. The molecule has 2 saturated heterocycles. The number of hydrogen-bond donors (Lipinski definition) is 12. The summed E-state index contributed by atoms with van der Waals surface area (Å²) >= 11 is 0. The molecule has 0 saturated carbocycles. The standard InChI is InChI=1S/C80H98N20O12/c1-45(82-9)70(101)89-67(79(3,4)5)76(107)98-33-31-59-65(98)74(105)86-62(40-50-20-26-52-16-12-14-18-54(52)36-50)73(104)88-63(78(109)110)38-48-23-29-58(30-24-48)112-44-56-42-100(97-92-56)64-32-34-99(77(108)68(80(6,7)8)90-71(102)46(2)83-10)66(64)75(106)87-61(39-49-19-25-51-15-11-13-17-53(51)35-49)72(103)85-60(69-93-95-96-94-69)37-47-21-27-57(28-22-47)111-43-55(91-81)41-84-59/h11-30,35-36,41-42,45-46,59-68,81-84H,31-34,37-40,43-44H2,1-10H3,(H,85,103)(H,86,105)(H,87,106)(H,88,104)(H,89,101)(H,90,102)(H,109,110)(H,93,94,95,96)/b55-41-,91-81?/t45-,46-,59+,60-,61-,62-,63-,64?,65-,66-,67+,68+/m0/s1. The number of carbonyl (C=O) groups excluding carboxylic acids is 8. The van der Waals surface area contributed by atoms with Crippen LogP contribution in [0.5, 0.6) is 11.5 Å². The number of fused-ring (bicyclic) bond motifs is 2. The molecule has 0 aliphatic carbocycles. The number of carboxylic acids is 1. The van der Waals surface area contributed by atoms with Gasteiger partial charge in [-0.3, -0.25) is 38.4 Å². The lowest BCUT2D eigenvalue weighted by atomic mass is 9.85. The number of carboxylic acid groups (broad SMARTS) is 1. The Morgan fingerprint density at radius 1 is 0.607 bits per heavy atom. The van der Waals surface area contributed by atoms with E-state index < -0.39 is 137 Å². The Hall–Kier alpha value is -12.1. The number of aromatic nitrogens is 7. The van der Waals surface area contributed by atoms with Gasteiger partial charge in [0, 0.05) is 45.0 Å². The number of nitrogens with zero attached hydrogens (tertiary/aromatic N) is 9. The number of ether oxygens (including phenoxy) is 2. The lowest BCUT2D eigenvalue weighted by Gasteiger charge is -2.37. The minimum absolute atomic E-state index is 0.000800. The van der Waals surface area contributed by atoms with E-state index >= 15 is 28.8 Å². The number of likely N-dealkylation sites (tertiary alicyclic amines) is 2. The molecular formula is C80H98N20O12. The maximum absolute atomic E-state index is 15.7. The van der Waals surface area contributed by atoms with Crippen LogP contribution in [0.15, 0.2) is 157 Å². The molecule has 0 radical (unpaired) electrons. The summed E-state index contributed by atoms with van der Waals surface area (Å²) in [6.07, 6.45) is 3.08. The van der Waals surface area contributed by atoms with Crippen molar-refractivity contribution in [3.8, 4) is 11.5 Å². The predicted octanol–water partition coefficient (Wildman–Crippen LogP) is 4.59. The maximum atomic E-state index is 15.7. The van der Waals surface area contributed by atoms with Crippen LogP contribution in [0.1, 0.15) is 114 Å². The molecule has 0 spiro atoms. The van der Waals surface area contributed by atoms with Gasteiger partial charge >= 0.3 is 5.97 Å². The van der Waals surface area contributed by atoms with E-state index in [0.717, 1.165) is 21.5 Å². The molecule has 8 heterocycles. The first kappa shape index (κ1) is 80.9. The van der Waals surface area contributed by atoms with Gasteiger partial charge < -0.3 is 72.2 Å². The molecule has 6 aliphatic heterocycles. The van der Waals surface area contributed by atoms with Crippen LogP contribution in [0, 0.1) is 16.4 Å². The second kappa shape index (κ2) is 35.7. The lowest BCUT2D eigenvalue weighted by Crippen LogP contribution is -2.63. The number of nitrogens with one attached hydrogen (secondary N) is 11. The zero-order valence-electron chi connectivity index (χ0n) is 64.3. The van der Waals surface area contributed by atoms with Crippen molar-refractivity contribution in [3.63, 3.8) is 0 Å². The fourth-order valence-electron chi connectivity index (χ4n) is 14.1. The van der Waals surface area contributed by atoms with E-state index in [0.29, 0.717) is 39.4 Å². The van der Waals surface area contributed by atoms with E-state index in [1.54, 1.807) is 103 Å². The Bertz CT molecular complexity index is 4750. The molecular weight excluding hydrogens is 1430 g/mol. The topological polar surface area (TPSA) is 428 Å². The Balaban J connectivity index is 0.948. The number of aromatic amines is 1. The summed E-state index contributed by atoms with van der Waals surface area (Å²) in [5, 5.41) is 68.4. The molecule has 32 heteroatoms. The molecule has 6 bridgehead atoms. The number of hydrogen-bond acceptors (Lipinski definition) is 21. The van der Waals surface area contributed by atoms with Crippen LogP contribution in [0.4, 0.5) is 0 Å². The van der Waals surface area contributed by atoms with E-state index in [-0.39, 0.29) is 76.3 Å². The minimum atomic E-state index is -1.54. The molecule has 8 aromatic rings. The quantitative estimate of drug-likeness (QED) is 0.0625. The van der Waals surface area contributed by atoms with Crippen molar-refractivity contribution in [2.75, 3.05) is 33.8 Å². The predicted molar refractivity (Wildman–Crippen MR) is 413 cm³/mol. The second-order valence-electron chi connectivity index (χ2n) is 30.9. The largest absolute Gasteiger partial charge is 0.487 e. The van der Waals surface area contributed by atoms with Gasteiger partial charge in [0.25, 0.3) is 0 Å². The summed E-state index contributed by atoms with van der Waals surface area (Å²) in [4.78, 5) is 135. The van der Waals surface area contributed by atoms with E-state index in [1.807, 2.05) is 106 Å². The van der Waals surface area contributed by atoms with E-state index in [1.165, 1.54) is 20.7 Å². The molecule has 8 amide bonds. The number of aliphatic carboxylic acids is 1. The number of likely N-dealkylation sites (N-methyl/N-ethyl adjacent to an activating group) is 2. The van der Waals surface area contributed by atoms with E-state index in [9.17, 15) is 19.5 Å². The SMILES string of the molecule is CN[C@@H](C)C(=O)N[C@H](C(=O)N1CCC2[C@H]1C(=O)N[C@@H](Cc1ccc3ccccc3c1)C(=O)N[C@H](c1nnn[nH]1)Cc1ccc(cc1)OC/C(N=N)=C/N[C@@H]1CCN(C(=O)[C@@H](NC(=O)[C@H](C)NC)C(C)(C)C)[C@@H]1C(=O)N[C@@H](Cc1ccc3ccccc3c1)C(=O)N[C@H](C(=O)O)Cc1ccc(cc1)OCc1cn2nn1)C(C)(C)C. The van der Waals surface area contributed by atoms with E-state index in [2.05, 4.69) is 83.9 Å². The summed E-state index contributed by atoms with van der Waals surface area (Å²) < 4.78 is 13.9. The first-order valence-electron chi connectivity index (χ1n) is 37.4. The van der Waals surface area contributed by atoms with Gasteiger partial charge in [0.1, 0.15) is 78.4 Å². The molecule has 2 fully saturated rings.